The van der Waals surface area contributed by atoms with Crippen LogP contribution in [-0.2, 0) is 14.6 Å². The van der Waals surface area contributed by atoms with Gasteiger partial charge in [0.1, 0.15) is 0 Å². The molecule has 2 atom stereocenters. The fourth-order valence-electron chi connectivity index (χ4n) is 4.22. The number of halogens is 1. The smallest absolute Gasteiger partial charge is 0.253 e. The second kappa shape index (κ2) is 8.69. The van der Waals surface area contributed by atoms with Crippen molar-refractivity contribution in [3.8, 4) is 0 Å². The summed E-state index contributed by atoms with van der Waals surface area (Å²) in [4.78, 5) is 17.1. The predicted molar refractivity (Wildman–Crippen MR) is 110 cm³/mol. The molecule has 0 bridgehead atoms. The lowest BCUT2D eigenvalue weighted by Gasteiger charge is -2.39. The van der Waals surface area contributed by atoms with Crippen molar-refractivity contribution in [2.75, 3.05) is 39.0 Å². The Morgan fingerprint density at radius 1 is 1.18 bits per heavy atom. The Bertz CT molecular complexity index is 811. The number of rotatable bonds is 4. The van der Waals surface area contributed by atoms with Crippen molar-refractivity contribution < 1.29 is 17.9 Å². The Labute approximate surface area is 172 Å². The molecule has 2 saturated heterocycles. The van der Waals surface area contributed by atoms with Gasteiger partial charge in [-0.15, -0.1) is 0 Å². The van der Waals surface area contributed by atoms with Crippen LogP contribution in [0.5, 0.6) is 0 Å². The summed E-state index contributed by atoms with van der Waals surface area (Å²) < 4.78 is 29.5. The molecule has 1 amide bonds. The summed E-state index contributed by atoms with van der Waals surface area (Å²) in [7, 11) is -3.47. The second-order valence-corrected chi connectivity index (χ2v) is 10.5. The molecule has 2 fully saturated rings. The van der Waals surface area contributed by atoms with E-state index < -0.39 is 9.84 Å². The molecule has 3 rings (SSSR count). The average Bonchev–Trinajstić information content (AvgIpc) is 2.60. The lowest BCUT2D eigenvalue weighted by molar-refractivity contribution is -0.0728. The van der Waals surface area contributed by atoms with Gasteiger partial charge in [0.2, 0.25) is 0 Å². The van der Waals surface area contributed by atoms with Crippen molar-refractivity contribution in [1.29, 1.82) is 0 Å². The van der Waals surface area contributed by atoms with Gasteiger partial charge in [-0.3, -0.25) is 9.69 Å². The van der Waals surface area contributed by atoms with E-state index in [-0.39, 0.29) is 28.0 Å². The number of hydrogen-bond acceptors (Lipinski definition) is 5. The van der Waals surface area contributed by atoms with Crippen molar-refractivity contribution in [3.05, 3.63) is 28.8 Å². The van der Waals surface area contributed by atoms with Crippen LogP contribution in [0.4, 0.5) is 0 Å². The monoisotopic (exact) mass is 428 g/mol. The third-order valence-electron chi connectivity index (χ3n) is 5.49. The van der Waals surface area contributed by atoms with Crippen LogP contribution >= 0.6 is 11.6 Å². The first-order valence-electron chi connectivity index (χ1n) is 9.80. The number of likely N-dealkylation sites (tertiary alicyclic amines) is 1. The first kappa shape index (κ1) is 21.6. The fourth-order valence-corrected chi connectivity index (χ4v) is 5.52. The molecule has 0 N–H and O–H groups in total. The van der Waals surface area contributed by atoms with E-state index in [1.54, 1.807) is 6.07 Å². The molecular formula is C20H29ClN2O4S. The van der Waals surface area contributed by atoms with Crippen molar-refractivity contribution in [3.63, 3.8) is 0 Å². The van der Waals surface area contributed by atoms with E-state index in [2.05, 4.69) is 18.7 Å². The first-order chi connectivity index (χ1) is 13.1. The Morgan fingerprint density at radius 3 is 2.36 bits per heavy atom. The van der Waals surface area contributed by atoms with Crippen LogP contribution in [0, 0.1) is 5.92 Å². The van der Waals surface area contributed by atoms with Crippen molar-refractivity contribution >= 4 is 27.3 Å². The SMILES string of the molecule is CC1CN(CC2CCN(C(=O)c3ccc(Cl)c(S(C)(=O)=O)c3)CC2)CC(C)O1. The number of morpholine rings is 1. The number of amides is 1. The van der Waals surface area contributed by atoms with Gasteiger partial charge in [0.05, 0.1) is 22.1 Å². The van der Waals surface area contributed by atoms with Crippen LogP contribution in [0.1, 0.15) is 37.0 Å². The highest BCUT2D eigenvalue weighted by Gasteiger charge is 2.28. The molecule has 8 heteroatoms. The molecule has 6 nitrogen and oxygen atoms in total. The number of carbonyl (C=O) groups is 1. The van der Waals surface area contributed by atoms with Crippen LogP contribution in [0.15, 0.2) is 23.1 Å². The fraction of sp³-hybridized carbons (Fsp3) is 0.650. The molecule has 0 radical (unpaired) electrons. The van der Waals surface area contributed by atoms with Crippen LogP contribution in [0.3, 0.4) is 0 Å². The summed E-state index contributed by atoms with van der Waals surface area (Å²) in [6, 6.07) is 4.48. The largest absolute Gasteiger partial charge is 0.373 e. The first-order valence-corrected chi connectivity index (χ1v) is 12.1. The molecule has 2 unspecified atom stereocenters. The Hall–Kier alpha value is -1.15. The lowest BCUT2D eigenvalue weighted by Crippen LogP contribution is -2.48. The van der Waals surface area contributed by atoms with Crippen molar-refractivity contribution in [1.82, 2.24) is 9.80 Å². The van der Waals surface area contributed by atoms with E-state index in [0.717, 1.165) is 38.7 Å². The topological polar surface area (TPSA) is 66.9 Å². The number of ether oxygens (including phenoxy) is 1. The van der Waals surface area contributed by atoms with E-state index in [1.807, 2.05) is 4.90 Å². The Kier molecular flexibility index (Phi) is 6.69. The maximum absolute atomic E-state index is 12.8. The van der Waals surface area contributed by atoms with Gasteiger partial charge >= 0.3 is 0 Å². The highest BCUT2D eigenvalue weighted by atomic mass is 35.5. The van der Waals surface area contributed by atoms with Gasteiger partial charge in [0.15, 0.2) is 9.84 Å². The number of carbonyl (C=O) groups excluding carboxylic acids is 1. The van der Waals surface area contributed by atoms with Crippen molar-refractivity contribution in [2.45, 2.75) is 43.8 Å². The van der Waals surface area contributed by atoms with E-state index in [9.17, 15) is 13.2 Å². The second-order valence-electron chi connectivity index (χ2n) is 8.13. The summed E-state index contributed by atoms with van der Waals surface area (Å²) in [5, 5.41) is 0.145. The van der Waals surface area contributed by atoms with Crippen LogP contribution < -0.4 is 0 Å². The van der Waals surface area contributed by atoms with E-state index in [4.69, 9.17) is 16.3 Å². The van der Waals surface area contributed by atoms with Gasteiger partial charge < -0.3 is 9.64 Å². The lowest BCUT2D eigenvalue weighted by atomic mass is 9.95. The number of piperidine rings is 1. The number of sulfone groups is 1. The summed E-state index contributed by atoms with van der Waals surface area (Å²) in [6.45, 7) is 8.57. The molecule has 156 valence electrons. The zero-order chi connectivity index (χ0) is 20.5. The molecular weight excluding hydrogens is 400 g/mol. The van der Waals surface area contributed by atoms with Gasteiger partial charge in [-0.05, 0) is 50.8 Å². The van der Waals surface area contributed by atoms with Gasteiger partial charge in [0.25, 0.3) is 5.91 Å². The molecule has 28 heavy (non-hydrogen) atoms. The minimum Gasteiger partial charge on any atom is -0.373 e. The summed E-state index contributed by atoms with van der Waals surface area (Å²) >= 11 is 5.99. The Morgan fingerprint density at radius 2 is 1.79 bits per heavy atom. The molecule has 1 aromatic rings. The summed E-state index contributed by atoms with van der Waals surface area (Å²) in [5.74, 6) is 0.437. The molecule has 0 saturated carbocycles. The molecule has 0 aromatic heterocycles. The van der Waals surface area contributed by atoms with Crippen molar-refractivity contribution in [2.24, 2.45) is 5.92 Å². The van der Waals surface area contributed by atoms with E-state index in [0.29, 0.717) is 24.6 Å². The molecule has 2 aliphatic heterocycles. The normalized spacial score (nSPS) is 25.1. The third kappa shape index (κ3) is 5.26. The maximum Gasteiger partial charge on any atom is 0.253 e. The van der Waals surface area contributed by atoms with Gasteiger partial charge in [-0.1, -0.05) is 11.6 Å². The zero-order valence-electron chi connectivity index (χ0n) is 16.7. The predicted octanol–water partition coefficient (Wildman–Crippen LogP) is 2.70. The highest BCUT2D eigenvalue weighted by molar-refractivity contribution is 7.90. The number of nitrogens with zero attached hydrogens (tertiary/aromatic N) is 2. The van der Waals surface area contributed by atoms with E-state index >= 15 is 0 Å². The highest BCUT2D eigenvalue weighted by Crippen LogP contribution is 2.25. The minimum absolute atomic E-state index is 0.00506. The third-order valence-corrected chi connectivity index (χ3v) is 7.07. The van der Waals surface area contributed by atoms with Gasteiger partial charge in [0, 0.05) is 44.5 Å². The van der Waals surface area contributed by atoms with Crippen LogP contribution in [0.2, 0.25) is 5.02 Å². The molecule has 0 aliphatic carbocycles. The maximum atomic E-state index is 12.8. The average molecular weight is 429 g/mol. The number of benzene rings is 1. The van der Waals surface area contributed by atoms with Crippen LogP contribution in [-0.4, -0.2) is 75.3 Å². The van der Waals surface area contributed by atoms with Gasteiger partial charge in [-0.25, -0.2) is 8.42 Å². The molecule has 2 aliphatic rings. The van der Waals surface area contributed by atoms with Gasteiger partial charge in [-0.2, -0.15) is 0 Å². The number of hydrogen-bond donors (Lipinski definition) is 0. The van der Waals surface area contributed by atoms with Crippen LogP contribution in [0.25, 0.3) is 0 Å². The molecule has 1 aromatic carbocycles. The summed E-state index contributed by atoms with van der Waals surface area (Å²) in [5.41, 5.74) is 0.374. The van der Waals surface area contributed by atoms with E-state index in [1.165, 1.54) is 12.1 Å². The molecule has 0 spiro atoms. The summed E-state index contributed by atoms with van der Waals surface area (Å²) in [6.07, 6.45) is 3.54. The minimum atomic E-state index is -3.47. The Balaban J connectivity index is 1.58. The standard InChI is InChI=1S/C20H29ClN2O4S/c1-14-11-22(12-15(2)27-14)13-16-6-8-23(9-7-16)20(24)17-4-5-18(21)19(10-17)28(3,25)26/h4-5,10,14-16H,6-9,11-13H2,1-3H3. The zero-order valence-corrected chi connectivity index (χ0v) is 18.3. The molecule has 2 heterocycles. The quantitative estimate of drug-likeness (QED) is 0.737.